The molecule has 0 aliphatic heterocycles. The Morgan fingerprint density at radius 1 is 0.691 bits per heavy atom. The molecule has 4 atom stereocenters. The van der Waals surface area contributed by atoms with Gasteiger partial charge in [-0.1, -0.05) is 164 Å². The molecular weight excluding hydrogens is 711 g/mol. The van der Waals surface area contributed by atoms with E-state index in [-0.39, 0.29) is 18.9 Å². The number of phosphoric ester groups is 1. The van der Waals surface area contributed by atoms with Crippen LogP contribution in [0.4, 0.5) is 0 Å². The van der Waals surface area contributed by atoms with E-state index in [9.17, 15) is 24.5 Å². The summed E-state index contributed by atoms with van der Waals surface area (Å²) in [6.45, 7) is 4.51. The highest BCUT2D eigenvalue weighted by atomic mass is 31.2. The van der Waals surface area contributed by atoms with Crippen molar-refractivity contribution in [3.8, 4) is 0 Å². The summed E-state index contributed by atoms with van der Waals surface area (Å²) < 4.78 is 23.4. The molecule has 10 heteroatoms. The molecule has 0 aromatic carbocycles. The molecule has 0 spiro atoms. The van der Waals surface area contributed by atoms with Gasteiger partial charge in [0.2, 0.25) is 5.91 Å². The Balaban J connectivity index is 4.70. The average Bonchev–Trinajstić information content (AvgIpc) is 3.12. The van der Waals surface area contributed by atoms with E-state index < -0.39 is 32.7 Å². The van der Waals surface area contributed by atoms with Gasteiger partial charge in [0.25, 0.3) is 0 Å². The molecule has 0 aliphatic carbocycles. The fourth-order valence-corrected chi connectivity index (χ4v) is 6.33. The van der Waals surface area contributed by atoms with Crippen LogP contribution in [0.3, 0.4) is 0 Å². The highest BCUT2D eigenvalue weighted by molar-refractivity contribution is 7.47. The molecule has 1 amide bonds. The van der Waals surface area contributed by atoms with Crippen molar-refractivity contribution in [3.05, 3.63) is 72.9 Å². The number of quaternary nitrogens is 1. The van der Waals surface area contributed by atoms with Crippen LogP contribution in [-0.2, 0) is 18.4 Å². The third-order valence-electron chi connectivity index (χ3n) is 9.04. The number of aliphatic hydroxyl groups is 2. The molecule has 0 saturated heterocycles. The predicted molar refractivity (Wildman–Crippen MR) is 232 cm³/mol. The third-order valence-corrected chi connectivity index (χ3v) is 10.0. The van der Waals surface area contributed by atoms with Crippen LogP contribution in [0.2, 0.25) is 0 Å². The number of rotatable bonds is 37. The van der Waals surface area contributed by atoms with Gasteiger partial charge in [0.1, 0.15) is 13.2 Å². The predicted octanol–water partition coefficient (Wildman–Crippen LogP) is 10.6. The summed E-state index contributed by atoms with van der Waals surface area (Å²) in [4.78, 5) is 23.1. The second-order valence-electron chi connectivity index (χ2n) is 15.5. The zero-order chi connectivity index (χ0) is 40.9. The van der Waals surface area contributed by atoms with E-state index in [1.54, 1.807) is 12.2 Å². The van der Waals surface area contributed by atoms with E-state index in [2.05, 4.69) is 55.6 Å². The molecule has 4 N–H and O–H groups in total. The summed E-state index contributed by atoms with van der Waals surface area (Å²) >= 11 is 0. The first kappa shape index (κ1) is 52.9. The largest absolute Gasteiger partial charge is 0.472 e. The molecule has 0 aromatic heterocycles. The quantitative estimate of drug-likeness (QED) is 0.0162. The van der Waals surface area contributed by atoms with E-state index in [0.717, 1.165) is 44.9 Å². The number of unbranched alkanes of at least 4 members (excludes halogenated alkanes) is 13. The van der Waals surface area contributed by atoms with Crippen LogP contribution in [0, 0.1) is 0 Å². The smallest absolute Gasteiger partial charge is 0.389 e. The minimum atomic E-state index is -4.39. The van der Waals surface area contributed by atoms with Crippen molar-refractivity contribution in [2.45, 2.75) is 167 Å². The molecule has 9 nitrogen and oxygen atoms in total. The van der Waals surface area contributed by atoms with Crippen molar-refractivity contribution in [1.29, 1.82) is 0 Å². The van der Waals surface area contributed by atoms with Crippen molar-refractivity contribution < 1.29 is 38.0 Å². The molecule has 55 heavy (non-hydrogen) atoms. The Kier molecular flexibility index (Phi) is 34.9. The summed E-state index contributed by atoms with van der Waals surface area (Å²) in [6, 6.07) is -0.944. The number of aliphatic hydroxyl groups excluding tert-OH is 2. The van der Waals surface area contributed by atoms with Crippen LogP contribution in [0.25, 0.3) is 0 Å². The number of likely N-dealkylation sites (N-methyl/N-ethyl adjacent to an activating group) is 1. The Hall–Kier alpha value is -2.10. The number of phosphoric acid groups is 1. The number of carbonyl (C=O) groups is 1. The number of carbonyl (C=O) groups excluding carboxylic acids is 1. The Morgan fingerprint density at radius 3 is 1.80 bits per heavy atom. The molecule has 0 aromatic rings. The summed E-state index contributed by atoms with van der Waals surface area (Å²) in [7, 11) is 1.44. The summed E-state index contributed by atoms with van der Waals surface area (Å²) in [5.74, 6) is -0.341. The SMILES string of the molecule is CC/C=C\C/C=C\C/C=C\C/C=C\C=C\C(O)CCCC(=O)N[C@@H](COP(=O)(O)OCC[N+](C)(C)C)[C@H](O)/C=C/CCCCCCCCCCCCCCC. The van der Waals surface area contributed by atoms with Crippen LogP contribution >= 0.6 is 7.82 Å². The number of hydrogen-bond acceptors (Lipinski definition) is 6. The van der Waals surface area contributed by atoms with Gasteiger partial charge < -0.3 is 24.9 Å². The lowest BCUT2D eigenvalue weighted by Crippen LogP contribution is -2.45. The van der Waals surface area contributed by atoms with Gasteiger partial charge in [-0.2, -0.15) is 0 Å². The topological polar surface area (TPSA) is 125 Å². The molecule has 0 aliphatic rings. The molecule has 318 valence electrons. The van der Waals surface area contributed by atoms with Crippen molar-refractivity contribution in [2.24, 2.45) is 0 Å². The standard InChI is InChI=1S/C45H81N2O7P/c1-6-8-10-12-14-16-18-20-21-23-25-27-29-31-33-37-44(49)43(41-54-55(51,52)53-40-39-47(3,4)5)46-45(50)38-34-36-42(48)35-32-30-28-26-24-22-19-17-15-13-11-9-7-2/h9,11,15,17,22,24,28,30,32-33,35,37,42-44,48-49H,6-8,10,12-14,16,18-21,23,25-27,29,31,34,36,38-41H2,1-5H3,(H-,46,50,51,52)/p+1/b11-9-,17-15-,24-22-,30-28-,35-32+,37-33+/t42?,43-,44+/m0/s1. The summed E-state index contributed by atoms with van der Waals surface area (Å²) in [6.07, 6.45) is 44.2. The van der Waals surface area contributed by atoms with E-state index >= 15 is 0 Å². The maximum absolute atomic E-state index is 12.9. The second kappa shape index (κ2) is 36.3. The zero-order valence-electron chi connectivity index (χ0n) is 35.5. The molecule has 0 heterocycles. The number of nitrogens with zero attached hydrogens (tertiary/aromatic N) is 1. The molecule has 0 rings (SSSR count). The van der Waals surface area contributed by atoms with Gasteiger partial charge in [-0.25, -0.2) is 4.57 Å². The maximum atomic E-state index is 12.9. The van der Waals surface area contributed by atoms with Crippen LogP contribution in [0.15, 0.2) is 72.9 Å². The molecule has 0 fully saturated rings. The Bertz CT molecular complexity index is 1140. The number of allylic oxidation sites excluding steroid dienone is 10. The zero-order valence-corrected chi connectivity index (χ0v) is 36.4. The Morgan fingerprint density at radius 2 is 1.24 bits per heavy atom. The molecule has 0 bridgehead atoms. The first-order valence-corrected chi connectivity index (χ1v) is 22.9. The van der Waals surface area contributed by atoms with E-state index in [1.165, 1.54) is 70.6 Å². The number of nitrogens with one attached hydrogen (secondary N) is 1. The summed E-state index contributed by atoms with van der Waals surface area (Å²) in [5, 5.41) is 24.0. The minimum Gasteiger partial charge on any atom is -0.389 e. The second-order valence-corrected chi connectivity index (χ2v) is 17.0. The van der Waals surface area contributed by atoms with Crippen molar-refractivity contribution >= 4 is 13.7 Å². The van der Waals surface area contributed by atoms with Crippen molar-refractivity contribution in [1.82, 2.24) is 5.32 Å². The van der Waals surface area contributed by atoms with Crippen LogP contribution in [-0.4, -0.2) is 84.6 Å². The molecule has 0 radical (unpaired) electrons. The van der Waals surface area contributed by atoms with E-state index in [0.29, 0.717) is 23.9 Å². The monoisotopic (exact) mass is 794 g/mol. The van der Waals surface area contributed by atoms with Gasteiger partial charge in [-0.05, 0) is 51.4 Å². The van der Waals surface area contributed by atoms with Crippen LogP contribution in [0.5, 0.6) is 0 Å². The molecule has 2 unspecified atom stereocenters. The van der Waals surface area contributed by atoms with E-state index in [4.69, 9.17) is 9.05 Å². The first-order chi connectivity index (χ1) is 26.4. The lowest BCUT2D eigenvalue weighted by Gasteiger charge is -2.25. The Labute approximate surface area is 336 Å². The van der Waals surface area contributed by atoms with E-state index in [1.807, 2.05) is 45.4 Å². The highest BCUT2D eigenvalue weighted by Gasteiger charge is 2.27. The number of hydrogen-bond donors (Lipinski definition) is 4. The van der Waals surface area contributed by atoms with Crippen LogP contribution in [0.1, 0.15) is 149 Å². The van der Waals surface area contributed by atoms with Gasteiger partial charge >= 0.3 is 7.82 Å². The fourth-order valence-electron chi connectivity index (χ4n) is 5.60. The van der Waals surface area contributed by atoms with Crippen LogP contribution < -0.4 is 5.32 Å². The normalized spacial score (nSPS) is 15.7. The van der Waals surface area contributed by atoms with Gasteiger partial charge in [0.15, 0.2) is 0 Å². The average molecular weight is 794 g/mol. The lowest BCUT2D eigenvalue weighted by molar-refractivity contribution is -0.870. The molecular formula is C45H82N2O7P+. The van der Waals surface area contributed by atoms with Gasteiger partial charge in [-0.15, -0.1) is 0 Å². The van der Waals surface area contributed by atoms with Gasteiger partial charge in [0.05, 0.1) is 46.0 Å². The number of amides is 1. The first-order valence-electron chi connectivity index (χ1n) is 21.4. The van der Waals surface area contributed by atoms with Gasteiger partial charge in [-0.3, -0.25) is 13.8 Å². The maximum Gasteiger partial charge on any atom is 0.472 e. The fraction of sp³-hybridized carbons (Fsp3) is 0.711. The lowest BCUT2D eigenvalue weighted by atomic mass is 10.0. The molecule has 0 saturated carbocycles. The van der Waals surface area contributed by atoms with Gasteiger partial charge in [0, 0.05) is 6.42 Å². The highest BCUT2D eigenvalue weighted by Crippen LogP contribution is 2.43. The van der Waals surface area contributed by atoms with Crippen molar-refractivity contribution in [3.63, 3.8) is 0 Å². The summed E-state index contributed by atoms with van der Waals surface area (Å²) in [5.41, 5.74) is 0. The third kappa shape index (κ3) is 38.5. The van der Waals surface area contributed by atoms with Crippen molar-refractivity contribution in [2.75, 3.05) is 40.9 Å². The minimum absolute atomic E-state index is 0.0228.